The lowest BCUT2D eigenvalue weighted by Gasteiger charge is -2.32. The zero-order valence-electron chi connectivity index (χ0n) is 17.2. The van der Waals surface area contributed by atoms with Gasteiger partial charge in [-0.3, -0.25) is 0 Å². The fourth-order valence-corrected chi connectivity index (χ4v) is 6.66. The van der Waals surface area contributed by atoms with Crippen molar-refractivity contribution >= 4 is 36.3 Å². The van der Waals surface area contributed by atoms with Gasteiger partial charge in [-0.25, -0.2) is 4.79 Å². The van der Waals surface area contributed by atoms with Gasteiger partial charge < -0.3 is 14.0 Å². The molecular weight excluding hydrogens is 391 g/mol. The van der Waals surface area contributed by atoms with Crippen LogP contribution in [0.3, 0.4) is 0 Å². The molecule has 2 aromatic carbocycles. The Hall–Kier alpha value is -1.29. The molecule has 0 heterocycles. The molecule has 0 aromatic heterocycles. The van der Waals surface area contributed by atoms with Gasteiger partial charge in [-0.15, -0.1) is 11.8 Å². The minimum absolute atomic E-state index is 0.223. The van der Waals surface area contributed by atoms with Crippen molar-refractivity contribution in [3.63, 3.8) is 0 Å². The summed E-state index contributed by atoms with van der Waals surface area (Å²) in [7, 11) is -2.05. The fraction of sp³-hybridized carbons (Fsp3) is 0.500. The molecule has 6 heteroatoms. The van der Waals surface area contributed by atoms with Crippen LogP contribution in [0.5, 0.6) is 0 Å². The summed E-state index contributed by atoms with van der Waals surface area (Å²) in [5.74, 6) is -0.157. The minimum Gasteiger partial charge on any atom is -0.464 e. The lowest BCUT2D eigenvalue weighted by molar-refractivity contribution is -0.171. The molecule has 4 nitrogen and oxygen atoms in total. The molecule has 0 aliphatic carbocycles. The number of carbonyl (C=O) groups is 1. The number of hydrogen-bond donors (Lipinski definition) is 0. The van der Waals surface area contributed by atoms with Gasteiger partial charge in [-0.05, 0) is 43.0 Å². The maximum atomic E-state index is 13.0. The van der Waals surface area contributed by atoms with Gasteiger partial charge in [-0.1, -0.05) is 50.2 Å². The first-order valence-electron chi connectivity index (χ1n) is 9.85. The molecule has 0 aliphatic heterocycles. The highest BCUT2D eigenvalue weighted by atomic mass is 32.2. The van der Waals surface area contributed by atoms with Crippen molar-refractivity contribution in [1.82, 2.24) is 0 Å². The van der Waals surface area contributed by atoms with Crippen LogP contribution in [0.1, 0.15) is 34.1 Å². The molecule has 0 fully saturated rings. The average Bonchev–Trinajstić information content (AvgIpc) is 2.66. The van der Waals surface area contributed by atoms with Gasteiger partial charge in [0.05, 0.1) is 14.4 Å². The Kier molecular flexibility index (Phi) is 9.07. The van der Waals surface area contributed by atoms with Crippen LogP contribution < -0.4 is 0 Å². The first kappa shape index (κ1) is 23.0. The third-order valence-corrected chi connectivity index (χ3v) is 7.92. The van der Waals surface area contributed by atoms with Crippen LogP contribution in [0.4, 0.5) is 0 Å². The quantitative estimate of drug-likeness (QED) is 0.259. The number of carbonyl (C=O) groups excluding carboxylic acids is 1. The molecule has 154 valence electrons. The molecule has 2 unspecified atom stereocenters. The first-order valence-corrected chi connectivity index (χ1v) is 12.7. The molecule has 0 saturated heterocycles. The molecule has 2 aromatic rings. The van der Waals surface area contributed by atoms with Crippen LogP contribution in [0.2, 0.25) is 0 Å². The summed E-state index contributed by atoms with van der Waals surface area (Å²) in [5, 5.41) is 2.33. The number of ether oxygens (including phenoxy) is 2. The van der Waals surface area contributed by atoms with E-state index in [2.05, 4.69) is 24.3 Å². The second kappa shape index (κ2) is 11.0. The molecule has 0 N–H and O–H groups in total. The number of rotatable bonds is 11. The van der Waals surface area contributed by atoms with Gasteiger partial charge in [0.25, 0.3) is 0 Å². The van der Waals surface area contributed by atoms with Crippen LogP contribution in [-0.4, -0.2) is 36.4 Å². The summed E-state index contributed by atoms with van der Waals surface area (Å²) in [6.07, 6.45) is 0.731. The summed E-state index contributed by atoms with van der Waals surface area (Å²) >= 11 is 1.59. The standard InChI is InChI=1S/C22H31O4PS/c1-5-25-21(23)22(26-6-2,14-17(3)4)15-27(24)16-28-20-13-9-11-18-10-7-8-12-19(18)20/h7-13,17,27H,5-6,14-16H2,1-4H3. The zero-order chi connectivity index (χ0) is 20.6. The Morgan fingerprint density at radius 2 is 1.82 bits per heavy atom. The van der Waals surface area contributed by atoms with Crippen LogP contribution in [-0.2, 0) is 18.8 Å². The normalized spacial score (nSPS) is 14.8. The van der Waals surface area contributed by atoms with Crippen LogP contribution >= 0.6 is 19.6 Å². The predicted octanol–water partition coefficient (Wildman–Crippen LogP) is 5.83. The van der Waals surface area contributed by atoms with E-state index in [1.165, 1.54) is 5.39 Å². The van der Waals surface area contributed by atoms with Gasteiger partial charge in [-0.2, -0.15) is 0 Å². The first-order chi connectivity index (χ1) is 13.4. The molecular formula is C22H31O4PS. The second-order valence-electron chi connectivity index (χ2n) is 7.23. The van der Waals surface area contributed by atoms with Crippen molar-refractivity contribution in [1.29, 1.82) is 0 Å². The van der Waals surface area contributed by atoms with E-state index in [1.807, 2.05) is 39.0 Å². The van der Waals surface area contributed by atoms with Crippen LogP contribution in [0, 0.1) is 5.92 Å². The van der Waals surface area contributed by atoms with Gasteiger partial charge in [0.2, 0.25) is 0 Å². The van der Waals surface area contributed by atoms with Crippen LogP contribution in [0.15, 0.2) is 47.4 Å². The zero-order valence-corrected chi connectivity index (χ0v) is 19.0. The van der Waals surface area contributed by atoms with E-state index in [1.54, 1.807) is 18.7 Å². The highest BCUT2D eigenvalue weighted by molar-refractivity contribution is 8.04. The van der Waals surface area contributed by atoms with Crippen molar-refractivity contribution < 1.29 is 18.8 Å². The summed E-state index contributed by atoms with van der Waals surface area (Å²) in [5.41, 5.74) is -0.640. The summed E-state index contributed by atoms with van der Waals surface area (Å²) in [6, 6.07) is 14.3. The lowest BCUT2D eigenvalue weighted by atomic mass is 9.94. The summed E-state index contributed by atoms with van der Waals surface area (Å²) < 4.78 is 24.2. The van der Waals surface area contributed by atoms with Gasteiger partial charge >= 0.3 is 5.97 Å². The van der Waals surface area contributed by atoms with E-state index >= 15 is 0 Å². The molecule has 0 spiro atoms. The SMILES string of the molecule is CCOC(=O)C(CC(C)C)(C[PH](=O)CSc1cccc2ccccc12)OCC. The number of esters is 1. The number of hydrogen-bond acceptors (Lipinski definition) is 5. The molecule has 28 heavy (non-hydrogen) atoms. The largest absolute Gasteiger partial charge is 0.464 e. The Morgan fingerprint density at radius 1 is 1.11 bits per heavy atom. The maximum absolute atomic E-state index is 13.0. The number of thioether (sulfide) groups is 1. The predicted molar refractivity (Wildman–Crippen MR) is 119 cm³/mol. The van der Waals surface area contributed by atoms with Crippen LogP contribution in [0.25, 0.3) is 10.8 Å². The highest BCUT2D eigenvalue weighted by Crippen LogP contribution is 2.40. The fourth-order valence-electron chi connectivity index (χ4n) is 3.44. The van der Waals surface area contributed by atoms with Gasteiger partial charge in [0.15, 0.2) is 5.60 Å². The molecule has 0 radical (unpaired) electrons. The average molecular weight is 423 g/mol. The Morgan fingerprint density at radius 3 is 2.50 bits per heavy atom. The maximum Gasteiger partial charge on any atom is 0.338 e. The van der Waals surface area contributed by atoms with Crippen molar-refractivity contribution in [2.45, 2.75) is 44.6 Å². The summed E-state index contributed by atoms with van der Waals surface area (Å²) in [6.45, 7) is 8.39. The molecule has 0 aliphatic rings. The van der Waals surface area contributed by atoms with E-state index in [0.717, 1.165) is 10.3 Å². The van der Waals surface area contributed by atoms with Gasteiger partial charge in [0.1, 0.15) is 0 Å². The topological polar surface area (TPSA) is 52.6 Å². The highest BCUT2D eigenvalue weighted by Gasteiger charge is 2.42. The van der Waals surface area contributed by atoms with E-state index in [0.29, 0.717) is 18.5 Å². The molecule has 0 amide bonds. The Labute approximate surface area is 173 Å². The second-order valence-corrected chi connectivity index (χ2v) is 10.5. The van der Waals surface area contributed by atoms with Crippen molar-refractivity contribution in [3.8, 4) is 0 Å². The smallest absolute Gasteiger partial charge is 0.338 e. The third kappa shape index (κ3) is 6.10. The Balaban J connectivity index is 2.14. The van der Waals surface area contributed by atoms with Crippen molar-refractivity contribution in [2.75, 3.05) is 24.9 Å². The van der Waals surface area contributed by atoms with Crippen molar-refractivity contribution in [3.05, 3.63) is 42.5 Å². The molecule has 2 rings (SSSR count). The molecule has 0 saturated carbocycles. The Bertz CT molecular complexity index is 803. The molecule has 2 atom stereocenters. The molecule has 0 bridgehead atoms. The lowest BCUT2D eigenvalue weighted by Crippen LogP contribution is -2.46. The number of fused-ring (bicyclic) bond motifs is 1. The van der Waals surface area contributed by atoms with Gasteiger partial charge in [0, 0.05) is 23.2 Å². The summed E-state index contributed by atoms with van der Waals surface area (Å²) in [4.78, 5) is 13.8. The van der Waals surface area contributed by atoms with E-state index in [-0.39, 0.29) is 24.7 Å². The van der Waals surface area contributed by atoms with E-state index in [9.17, 15) is 9.36 Å². The number of benzene rings is 2. The van der Waals surface area contributed by atoms with Crippen molar-refractivity contribution in [2.24, 2.45) is 5.92 Å². The van der Waals surface area contributed by atoms with E-state index in [4.69, 9.17) is 9.47 Å². The third-order valence-electron chi connectivity index (χ3n) is 4.43. The van der Waals surface area contributed by atoms with E-state index < -0.39 is 13.4 Å². The monoisotopic (exact) mass is 422 g/mol. The minimum atomic E-state index is -2.05.